The van der Waals surface area contributed by atoms with Crippen molar-refractivity contribution in [2.24, 2.45) is 0 Å². The van der Waals surface area contributed by atoms with Gasteiger partial charge >= 0.3 is 0 Å². The molecule has 0 bridgehead atoms. The van der Waals surface area contributed by atoms with Gasteiger partial charge in [-0.25, -0.2) is 4.98 Å². The third kappa shape index (κ3) is 6.79. The van der Waals surface area contributed by atoms with Crippen LogP contribution in [0.5, 0.6) is 0 Å². The summed E-state index contributed by atoms with van der Waals surface area (Å²) in [5.74, 6) is 0. The molecule has 1 aromatic heterocycles. The molecule has 4 heteroatoms. The molecule has 0 fully saturated rings. The van der Waals surface area contributed by atoms with E-state index in [2.05, 4.69) is 174 Å². The second-order valence-corrected chi connectivity index (χ2v) is 12.6. The highest BCUT2D eigenvalue weighted by atomic mass is 28.2. The topological polar surface area (TPSA) is 17.8 Å². The maximum atomic E-state index is 4.33. The van der Waals surface area contributed by atoms with Crippen molar-refractivity contribution in [2.75, 3.05) is 0 Å². The van der Waals surface area contributed by atoms with E-state index in [0.29, 0.717) is 6.71 Å². The Hall–Kier alpha value is -4.67. The van der Waals surface area contributed by atoms with Gasteiger partial charge in [-0.2, -0.15) is 0 Å². The van der Waals surface area contributed by atoms with Crippen molar-refractivity contribution >= 4 is 32.6 Å². The molecule has 0 saturated carbocycles. The molecule has 2 nitrogen and oxygen atoms in total. The van der Waals surface area contributed by atoms with E-state index in [1.165, 1.54) is 33.6 Å². The van der Waals surface area contributed by atoms with Crippen LogP contribution in [0.15, 0.2) is 183 Å². The zero-order valence-electron chi connectivity index (χ0n) is 24.0. The summed E-state index contributed by atoms with van der Waals surface area (Å²) in [6.07, 6.45) is 9.04. The molecule has 0 aliphatic carbocycles. The number of hydrogen-bond donors (Lipinski definition) is 0. The van der Waals surface area contributed by atoms with E-state index in [-0.39, 0.29) is 5.16 Å². The number of hydrogen-bond acceptors (Lipinski definition) is 1. The van der Waals surface area contributed by atoms with E-state index in [1.54, 1.807) is 0 Å². The highest BCUT2D eigenvalue weighted by Crippen LogP contribution is 2.34. The van der Waals surface area contributed by atoms with Gasteiger partial charge in [0.2, 0.25) is 6.71 Å². The quantitative estimate of drug-likeness (QED) is 0.114. The zero-order valence-corrected chi connectivity index (χ0v) is 25.5. The molecule has 0 radical (unpaired) electrons. The van der Waals surface area contributed by atoms with Crippen LogP contribution in [0.3, 0.4) is 0 Å². The van der Waals surface area contributed by atoms with Crippen molar-refractivity contribution in [3.63, 3.8) is 0 Å². The van der Waals surface area contributed by atoms with Gasteiger partial charge < -0.3 is 4.57 Å². The number of aromatic nitrogens is 2. The maximum Gasteiger partial charge on any atom is 0.241 e. The lowest BCUT2D eigenvalue weighted by Gasteiger charge is -2.36. The molecule has 0 unspecified atom stereocenters. The van der Waals surface area contributed by atoms with Gasteiger partial charge in [-0.15, -0.1) is 6.58 Å². The molecule has 0 aliphatic rings. The highest BCUT2D eigenvalue weighted by Gasteiger charge is 2.35. The van der Waals surface area contributed by atoms with Gasteiger partial charge in [-0.1, -0.05) is 180 Å². The summed E-state index contributed by atoms with van der Waals surface area (Å²) in [6.45, 7) is 4.20. The van der Waals surface area contributed by atoms with Crippen LogP contribution in [-0.2, 0) is 5.16 Å². The summed E-state index contributed by atoms with van der Waals surface area (Å²) in [4.78, 5) is 4.33. The van der Waals surface area contributed by atoms with Crippen LogP contribution in [-0.4, -0.2) is 25.8 Å². The number of imidazole rings is 1. The van der Waals surface area contributed by atoms with Crippen molar-refractivity contribution in [3.05, 3.63) is 194 Å². The second-order valence-electron chi connectivity index (χ2n) is 10.4. The Bertz CT molecular complexity index is 1460. The fourth-order valence-corrected chi connectivity index (χ4v) is 8.31. The number of allylic oxidation sites excluding steroid dienone is 1. The van der Waals surface area contributed by atoms with Gasteiger partial charge in [-0.05, 0) is 17.5 Å². The van der Waals surface area contributed by atoms with Gasteiger partial charge in [0.25, 0.3) is 0 Å². The fourth-order valence-electron chi connectivity index (χ4n) is 5.81. The molecule has 6 aromatic rings. The van der Waals surface area contributed by atoms with E-state index in [1.807, 2.05) is 18.6 Å². The van der Waals surface area contributed by atoms with Crippen LogP contribution in [0.4, 0.5) is 0 Å². The Balaban J connectivity index is 0.000000171. The molecule has 1 heterocycles. The van der Waals surface area contributed by atoms with Crippen LogP contribution < -0.4 is 16.4 Å². The van der Waals surface area contributed by atoms with Crippen LogP contribution >= 0.6 is 0 Å². The van der Waals surface area contributed by atoms with E-state index in [0.717, 1.165) is 6.42 Å². The molecular formula is C38H37BN2Si. The summed E-state index contributed by atoms with van der Waals surface area (Å²) in [5, 5.41) is -0.0952. The number of benzene rings is 5. The molecule has 6 rings (SSSR count). The van der Waals surface area contributed by atoms with Gasteiger partial charge in [0.15, 0.2) is 0 Å². The smallest absolute Gasteiger partial charge is 0.241 e. The lowest BCUT2D eigenvalue weighted by Crippen LogP contribution is -2.51. The Morgan fingerprint density at radius 3 is 1.38 bits per heavy atom. The summed E-state index contributed by atoms with van der Waals surface area (Å²) < 4.78 is 2.30. The Kier molecular flexibility index (Phi) is 10.2. The molecule has 42 heavy (non-hydrogen) atoms. The first-order valence-electron chi connectivity index (χ1n) is 14.7. The van der Waals surface area contributed by atoms with Crippen molar-refractivity contribution in [3.8, 4) is 0 Å². The summed E-state index contributed by atoms with van der Waals surface area (Å²) in [5.41, 5.74) is 6.69. The molecule has 0 N–H and O–H groups in total. The van der Waals surface area contributed by atoms with Crippen molar-refractivity contribution in [1.29, 1.82) is 0 Å². The predicted octanol–water partition coefficient (Wildman–Crippen LogP) is 6.00. The van der Waals surface area contributed by atoms with Crippen LogP contribution in [0.1, 0.15) is 17.5 Å². The van der Waals surface area contributed by atoms with Crippen molar-refractivity contribution in [1.82, 2.24) is 9.55 Å². The van der Waals surface area contributed by atoms with E-state index in [4.69, 9.17) is 0 Å². The fraction of sp³-hybridized carbons (Fsp3) is 0.0789. The minimum Gasteiger partial charge on any atom is -0.327 e. The standard InChI is InChI=1S/C20H22N2Si.C18H15B/c1-2-3-16-23-20(22-15-14-21-17-22,18-10-6-4-7-11-18)19-12-8-5-9-13-19;1-4-10-16(11-5-1)19(17-12-6-2-7-13-17)18-14-8-3-9-15-18/h2,4-15,17H,1,3,16,23H2;1-15H. The SMILES string of the molecule is C=CCC[SiH2]C(c1ccccc1)(c1ccccc1)n1ccnc1.c1ccc(B(c2ccccc2)c2ccccc2)cc1. The normalized spacial score (nSPS) is 11.0. The van der Waals surface area contributed by atoms with E-state index in [9.17, 15) is 0 Å². The lowest BCUT2D eigenvalue weighted by atomic mass is 9.37. The summed E-state index contributed by atoms with van der Waals surface area (Å²) in [6, 6.07) is 54.9. The summed E-state index contributed by atoms with van der Waals surface area (Å²) in [7, 11) is -0.506. The number of rotatable bonds is 10. The minimum atomic E-state index is -0.506. The maximum absolute atomic E-state index is 4.33. The Labute approximate surface area is 253 Å². The minimum absolute atomic E-state index is 0.0952. The largest absolute Gasteiger partial charge is 0.327 e. The first kappa shape index (κ1) is 28.8. The van der Waals surface area contributed by atoms with Crippen LogP contribution in [0, 0.1) is 0 Å². The van der Waals surface area contributed by atoms with Gasteiger partial charge in [0.1, 0.15) is 0 Å². The predicted molar refractivity (Wildman–Crippen MR) is 183 cm³/mol. The molecule has 0 aliphatic heterocycles. The molecule has 206 valence electrons. The molecule has 0 spiro atoms. The van der Waals surface area contributed by atoms with Crippen LogP contribution in [0.2, 0.25) is 6.04 Å². The van der Waals surface area contributed by atoms with Gasteiger partial charge in [0, 0.05) is 12.4 Å². The monoisotopic (exact) mass is 560 g/mol. The Morgan fingerprint density at radius 2 is 1.02 bits per heavy atom. The van der Waals surface area contributed by atoms with Crippen LogP contribution in [0.25, 0.3) is 0 Å². The van der Waals surface area contributed by atoms with Gasteiger partial charge in [-0.3, -0.25) is 0 Å². The molecule has 5 aromatic carbocycles. The average molecular weight is 561 g/mol. The first-order valence-corrected chi connectivity index (χ1v) is 16.4. The van der Waals surface area contributed by atoms with E-state index >= 15 is 0 Å². The molecule has 0 atom stereocenters. The molecule has 0 saturated heterocycles. The number of nitrogens with zero attached hydrogens (tertiary/aromatic N) is 2. The lowest BCUT2D eigenvalue weighted by molar-refractivity contribution is 0.590. The third-order valence-corrected chi connectivity index (χ3v) is 10.5. The third-order valence-electron chi connectivity index (χ3n) is 7.79. The summed E-state index contributed by atoms with van der Waals surface area (Å²) >= 11 is 0. The molecular weight excluding hydrogens is 523 g/mol. The zero-order chi connectivity index (χ0) is 28.9. The van der Waals surface area contributed by atoms with Gasteiger partial charge in [0.05, 0.1) is 21.0 Å². The first-order chi connectivity index (χ1) is 20.8. The van der Waals surface area contributed by atoms with Crippen molar-refractivity contribution in [2.45, 2.75) is 17.6 Å². The average Bonchev–Trinajstić information content (AvgIpc) is 3.62. The molecule has 0 amide bonds. The van der Waals surface area contributed by atoms with E-state index < -0.39 is 9.52 Å². The highest BCUT2D eigenvalue weighted by molar-refractivity contribution is 6.95. The second kappa shape index (κ2) is 14.8. The Morgan fingerprint density at radius 1 is 0.619 bits per heavy atom. The van der Waals surface area contributed by atoms with Crippen molar-refractivity contribution < 1.29 is 0 Å².